The third kappa shape index (κ3) is 6.21. The quantitative estimate of drug-likeness (QED) is 0.315. The second kappa shape index (κ2) is 12.0. The van der Waals surface area contributed by atoms with Crippen molar-refractivity contribution in [2.24, 2.45) is 10.9 Å². The van der Waals surface area contributed by atoms with E-state index < -0.39 is 0 Å². The van der Waals surface area contributed by atoms with Gasteiger partial charge in [-0.05, 0) is 26.2 Å². The highest BCUT2D eigenvalue weighted by Gasteiger charge is 2.31. The maximum absolute atomic E-state index is 12.8. The second-order valence-electron chi connectivity index (χ2n) is 8.57. The smallest absolute Gasteiger partial charge is 0.225 e. The highest BCUT2D eigenvalue weighted by atomic mass is 127. The highest BCUT2D eigenvalue weighted by molar-refractivity contribution is 14.0. The van der Waals surface area contributed by atoms with Crippen molar-refractivity contribution in [1.82, 2.24) is 20.5 Å². The number of likely N-dealkylation sites (tertiary alicyclic amines) is 1. The standard InChI is InChI=1S/C24H33N5OS.HI/c1-17-21(31-22(27-17)18-9-5-3-6-10-18)15-26-24(25-2)28-20-13-14-29(16-20)23(30)19-11-7-4-8-12-19;/h3,5-6,9-10,19-20H,4,7-8,11-16H2,1-2H3,(H2,25,26,28);1H. The van der Waals surface area contributed by atoms with Crippen LogP contribution in [-0.2, 0) is 11.3 Å². The van der Waals surface area contributed by atoms with Gasteiger partial charge in [0.15, 0.2) is 5.96 Å². The summed E-state index contributed by atoms with van der Waals surface area (Å²) in [6, 6.07) is 10.5. The summed E-state index contributed by atoms with van der Waals surface area (Å²) < 4.78 is 0. The van der Waals surface area contributed by atoms with Crippen LogP contribution in [0.4, 0.5) is 0 Å². The predicted molar refractivity (Wildman–Crippen MR) is 143 cm³/mol. The van der Waals surface area contributed by atoms with Crippen LogP contribution in [0, 0.1) is 12.8 Å². The summed E-state index contributed by atoms with van der Waals surface area (Å²) in [5.74, 6) is 1.39. The molecule has 1 aromatic heterocycles. The molecule has 1 amide bonds. The van der Waals surface area contributed by atoms with Gasteiger partial charge in [-0.15, -0.1) is 35.3 Å². The Kier molecular flexibility index (Phi) is 9.34. The number of aryl methyl sites for hydroxylation is 1. The lowest BCUT2D eigenvalue weighted by atomic mass is 9.88. The van der Waals surface area contributed by atoms with Crippen molar-refractivity contribution in [3.8, 4) is 10.6 Å². The lowest BCUT2D eigenvalue weighted by Gasteiger charge is -2.26. The zero-order chi connectivity index (χ0) is 21.6. The maximum Gasteiger partial charge on any atom is 0.225 e. The molecule has 0 radical (unpaired) electrons. The normalized spacial score (nSPS) is 19.5. The summed E-state index contributed by atoms with van der Waals surface area (Å²) >= 11 is 1.72. The SMILES string of the molecule is CN=C(NCc1sc(-c2ccccc2)nc1C)NC1CCN(C(=O)C2CCCCC2)C1.I. The van der Waals surface area contributed by atoms with Crippen LogP contribution in [0.2, 0.25) is 0 Å². The minimum atomic E-state index is 0. The Bertz CT molecular complexity index is 910. The zero-order valence-corrected chi connectivity index (χ0v) is 22.1. The van der Waals surface area contributed by atoms with Gasteiger partial charge in [-0.1, -0.05) is 49.6 Å². The van der Waals surface area contributed by atoms with Crippen molar-refractivity contribution in [3.05, 3.63) is 40.9 Å². The summed E-state index contributed by atoms with van der Waals surface area (Å²) in [5.41, 5.74) is 2.20. The Hall–Kier alpha value is -1.68. The highest BCUT2D eigenvalue weighted by Crippen LogP contribution is 2.28. The van der Waals surface area contributed by atoms with E-state index in [1.807, 2.05) is 18.2 Å². The molecule has 4 rings (SSSR count). The fraction of sp³-hybridized carbons (Fsp3) is 0.542. The number of guanidine groups is 1. The van der Waals surface area contributed by atoms with Gasteiger partial charge >= 0.3 is 0 Å². The number of rotatable bonds is 5. The third-order valence-corrected chi connectivity index (χ3v) is 7.56. The average molecular weight is 568 g/mol. The molecule has 1 aliphatic heterocycles. The number of nitrogens with one attached hydrogen (secondary N) is 2. The van der Waals surface area contributed by atoms with Crippen molar-refractivity contribution >= 4 is 47.2 Å². The molecule has 2 aromatic rings. The number of aromatic nitrogens is 1. The van der Waals surface area contributed by atoms with Crippen molar-refractivity contribution in [3.63, 3.8) is 0 Å². The largest absolute Gasteiger partial charge is 0.352 e. The van der Waals surface area contributed by atoms with Gasteiger partial charge in [0, 0.05) is 42.5 Å². The van der Waals surface area contributed by atoms with Gasteiger partial charge in [-0.25, -0.2) is 4.98 Å². The van der Waals surface area contributed by atoms with Crippen LogP contribution >= 0.6 is 35.3 Å². The molecule has 1 aromatic carbocycles. The maximum atomic E-state index is 12.8. The molecule has 32 heavy (non-hydrogen) atoms. The number of benzene rings is 1. The fourth-order valence-electron chi connectivity index (χ4n) is 4.53. The summed E-state index contributed by atoms with van der Waals surface area (Å²) in [5, 5.41) is 7.99. The molecule has 1 atom stereocenters. The van der Waals surface area contributed by atoms with Gasteiger partial charge < -0.3 is 15.5 Å². The van der Waals surface area contributed by atoms with Gasteiger partial charge in [-0.2, -0.15) is 0 Å². The first-order chi connectivity index (χ1) is 15.1. The molecule has 1 saturated heterocycles. The van der Waals surface area contributed by atoms with E-state index in [0.717, 1.165) is 54.6 Å². The van der Waals surface area contributed by atoms with Crippen LogP contribution in [0.15, 0.2) is 35.3 Å². The number of hydrogen-bond acceptors (Lipinski definition) is 4. The monoisotopic (exact) mass is 567 g/mol. The Balaban J connectivity index is 0.00000289. The average Bonchev–Trinajstić information content (AvgIpc) is 3.44. The molecule has 2 fully saturated rings. The number of hydrogen-bond donors (Lipinski definition) is 2. The van der Waals surface area contributed by atoms with Crippen LogP contribution in [0.3, 0.4) is 0 Å². The Labute approximate surface area is 212 Å². The van der Waals surface area contributed by atoms with E-state index >= 15 is 0 Å². The lowest BCUT2D eigenvalue weighted by molar-refractivity contribution is -0.135. The molecule has 8 heteroatoms. The minimum absolute atomic E-state index is 0. The van der Waals surface area contributed by atoms with Gasteiger partial charge in [0.05, 0.1) is 12.2 Å². The number of amides is 1. The molecule has 2 N–H and O–H groups in total. The number of carbonyl (C=O) groups is 1. The number of nitrogens with zero attached hydrogens (tertiary/aromatic N) is 3. The molecule has 0 spiro atoms. The molecule has 6 nitrogen and oxygen atoms in total. The Morgan fingerprint density at radius 3 is 2.66 bits per heavy atom. The van der Waals surface area contributed by atoms with E-state index in [0.29, 0.717) is 12.5 Å². The van der Waals surface area contributed by atoms with Crippen molar-refractivity contribution < 1.29 is 4.79 Å². The lowest BCUT2D eigenvalue weighted by Crippen LogP contribution is -2.45. The topological polar surface area (TPSA) is 69.6 Å². The number of carbonyl (C=O) groups excluding carboxylic acids is 1. The van der Waals surface area contributed by atoms with Gasteiger partial charge in [-0.3, -0.25) is 9.79 Å². The summed E-state index contributed by atoms with van der Waals surface area (Å²) in [4.78, 5) is 25.2. The van der Waals surface area contributed by atoms with Crippen molar-refractivity contribution in [2.75, 3.05) is 20.1 Å². The van der Waals surface area contributed by atoms with Crippen LogP contribution in [0.25, 0.3) is 10.6 Å². The van der Waals surface area contributed by atoms with Gasteiger partial charge in [0.1, 0.15) is 5.01 Å². The van der Waals surface area contributed by atoms with Crippen LogP contribution < -0.4 is 10.6 Å². The van der Waals surface area contributed by atoms with E-state index in [1.165, 1.54) is 24.1 Å². The first-order valence-electron chi connectivity index (χ1n) is 11.4. The second-order valence-corrected chi connectivity index (χ2v) is 9.65. The Morgan fingerprint density at radius 2 is 1.94 bits per heavy atom. The Morgan fingerprint density at radius 1 is 1.19 bits per heavy atom. The number of halogens is 1. The van der Waals surface area contributed by atoms with Crippen LogP contribution in [0.1, 0.15) is 49.1 Å². The van der Waals surface area contributed by atoms with E-state index in [9.17, 15) is 4.79 Å². The third-order valence-electron chi connectivity index (χ3n) is 6.35. The van der Waals surface area contributed by atoms with E-state index in [-0.39, 0.29) is 35.9 Å². The fourth-order valence-corrected chi connectivity index (χ4v) is 5.54. The summed E-state index contributed by atoms with van der Waals surface area (Å²) in [6.07, 6.45) is 6.78. The first kappa shape index (κ1) is 25.0. The zero-order valence-electron chi connectivity index (χ0n) is 19.0. The molecule has 0 bridgehead atoms. The molecule has 2 aliphatic rings. The van der Waals surface area contributed by atoms with E-state index in [1.54, 1.807) is 18.4 Å². The molecule has 1 unspecified atom stereocenters. The summed E-state index contributed by atoms with van der Waals surface area (Å²) in [6.45, 7) is 4.36. The molecule has 1 saturated carbocycles. The predicted octanol–water partition coefficient (Wildman–Crippen LogP) is 4.58. The van der Waals surface area contributed by atoms with E-state index in [2.05, 4.69) is 39.6 Å². The van der Waals surface area contributed by atoms with Gasteiger partial charge in [0.25, 0.3) is 0 Å². The number of aliphatic imine (C=N–C) groups is 1. The minimum Gasteiger partial charge on any atom is -0.352 e. The van der Waals surface area contributed by atoms with Crippen molar-refractivity contribution in [2.45, 2.75) is 58.0 Å². The molecular weight excluding hydrogens is 533 g/mol. The molecule has 174 valence electrons. The van der Waals surface area contributed by atoms with Gasteiger partial charge in [0.2, 0.25) is 5.91 Å². The summed E-state index contributed by atoms with van der Waals surface area (Å²) in [7, 11) is 1.80. The molecule has 1 aliphatic carbocycles. The van der Waals surface area contributed by atoms with Crippen LogP contribution in [0.5, 0.6) is 0 Å². The molecular formula is C24H34IN5OS. The number of thiazole rings is 1. The molecule has 2 heterocycles. The first-order valence-corrected chi connectivity index (χ1v) is 12.2. The van der Waals surface area contributed by atoms with Crippen molar-refractivity contribution in [1.29, 1.82) is 0 Å². The van der Waals surface area contributed by atoms with E-state index in [4.69, 9.17) is 4.98 Å². The van der Waals surface area contributed by atoms with Crippen LogP contribution in [-0.4, -0.2) is 47.9 Å².